The number of nitrogens with one attached hydrogen (secondary N) is 1. The van der Waals surface area contributed by atoms with Gasteiger partial charge in [0.15, 0.2) is 11.5 Å². The lowest BCUT2D eigenvalue weighted by Gasteiger charge is -2.29. The topological polar surface area (TPSA) is 114 Å². The quantitative estimate of drug-likeness (QED) is 0.379. The molecule has 1 heterocycles. The van der Waals surface area contributed by atoms with Gasteiger partial charge in [-0.3, -0.25) is 4.79 Å². The number of hydrazone groups is 1. The van der Waals surface area contributed by atoms with Crippen LogP contribution in [0.25, 0.3) is 0 Å². The SMILES string of the molecule is COc1cc(C=NN2C(=O)NC3(CCCCC3)C2=O)ccc1OS(=O)(=O)c1cc(C)ccc1C. The van der Waals surface area contributed by atoms with Crippen LogP contribution in [-0.2, 0) is 14.9 Å². The van der Waals surface area contributed by atoms with Crippen molar-refractivity contribution in [3.8, 4) is 11.5 Å². The summed E-state index contributed by atoms with van der Waals surface area (Å²) in [5.41, 5.74) is 1.00. The molecule has 2 aliphatic rings. The number of amides is 3. The lowest BCUT2D eigenvalue weighted by Crippen LogP contribution is -2.48. The summed E-state index contributed by atoms with van der Waals surface area (Å²) in [7, 11) is -2.70. The Balaban J connectivity index is 1.55. The van der Waals surface area contributed by atoms with Gasteiger partial charge in [-0.15, -0.1) is 5.01 Å². The van der Waals surface area contributed by atoms with Crippen LogP contribution in [0.2, 0.25) is 0 Å². The highest BCUT2D eigenvalue weighted by Gasteiger charge is 2.51. The predicted molar refractivity (Wildman–Crippen MR) is 126 cm³/mol. The Hall–Kier alpha value is -3.40. The smallest absolute Gasteiger partial charge is 0.346 e. The first kappa shape index (κ1) is 23.7. The van der Waals surface area contributed by atoms with Crippen LogP contribution in [0, 0.1) is 13.8 Å². The molecular formula is C24H27N3O6S. The van der Waals surface area contributed by atoms with Gasteiger partial charge in [0, 0.05) is 0 Å². The second-order valence-corrected chi connectivity index (χ2v) is 10.2. The molecule has 9 nitrogen and oxygen atoms in total. The van der Waals surface area contributed by atoms with Crippen molar-refractivity contribution in [2.75, 3.05) is 7.11 Å². The van der Waals surface area contributed by atoms with Gasteiger partial charge in [-0.2, -0.15) is 13.5 Å². The Kier molecular flexibility index (Phi) is 6.35. The number of urea groups is 1. The third-order valence-corrected chi connectivity index (χ3v) is 7.55. The molecule has 2 aromatic carbocycles. The largest absolute Gasteiger partial charge is 0.493 e. The van der Waals surface area contributed by atoms with Crippen LogP contribution in [0.15, 0.2) is 46.4 Å². The number of rotatable bonds is 6. The molecule has 0 bridgehead atoms. The van der Waals surface area contributed by atoms with E-state index < -0.39 is 21.7 Å². The van der Waals surface area contributed by atoms with Crippen LogP contribution in [0.1, 0.15) is 48.8 Å². The molecular weight excluding hydrogens is 458 g/mol. The summed E-state index contributed by atoms with van der Waals surface area (Å²) >= 11 is 0. The molecule has 0 unspecified atom stereocenters. The standard InChI is InChI=1S/C24H27N3O6S/c1-16-7-8-17(2)21(13-16)34(30,31)33-19-10-9-18(14-20(19)32-3)15-25-27-22(28)24(26-23(27)29)11-5-4-6-12-24/h7-10,13-15H,4-6,11-12H2,1-3H3,(H,26,29). The zero-order valence-corrected chi connectivity index (χ0v) is 20.1. The van der Waals surface area contributed by atoms with Gasteiger partial charge in [0.2, 0.25) is 0 Å². The van der Waals surface area contributed by atoms with Gasteiger partial charge >= 0.3 is 16.1 Å². The number of benzene rings is 2. The van der Waals surface area contributed by atoms with Crippen LogP contribution in [0.4, 0.5) is 4.79 Å². The molecule has 4 rings (SSSR count). The van der Waals surface area contributed by atoms with Gasteiger partial charge < -0.3 is 14.2 Å². The van der Waals surface area contributed by atoms with E-state index in [1.54, 1.807) is 32.0 Å². The summed E-state index contributed by atoms with van der Waals surface area (Å²) in [5, 5.41) is 7.74. The maximum atomic E-state index is 12.9. The van der Waals surface area contributed by atoms with E-state index in [0.717, 1.165) is 29.8 Å². The summed E-state index contributed by atoms with van der Waals surface area (Å²) in [6.07, 6.45) is 5.38. The highest BCUT2D eigenvalue weighted by atomic mass is 32.2. The number of aryl methyl sites for hydroxylation is 2. The van der Waals surface area contributed by atoms with Crippen LogP contribution in [-0.4, -0.2) is 44.2 Å². The van der Waals surface area contributed by atoms with E-state index in [9.17, 15) is 18.0 Å². The van der Waals surface area contributed by atoms with Crippen LogP contribution in [0.3, 0.4) is 0 Å². The number of imide groups is 1. The molecule has 3 amide bonds. The second kappa shape index (κ2) is 9.09. The summed E-state index contributed by atoms with van der Waals surface area (Å²) in [5.74, 6) is -0.171. The number of carbonyl (C=O) groups is 2. The molecule has 2 aromatic rings. The van der Waals surface area contributed by atoms with Crippen molar-refractivity contribution in [2.24, 2.45) is 5.10 Å². The number of hydrogen-bond donors (Lipinski definition) is 1. The van der Waals surface area contributed by atoms with Crippen LogP contribution >= 0.6 is 0 Å². The number of ether oxygens (including phenoxy) is 1. The third-order valence-electron chi connectivity index (χ3n) is 6.17. The zero-order chi connectivity index (χ0) is 24.5. The molecule has 1 saturated heterocycles. The molecule has 0 aromatic heterocycles. The van der Waals surface area contributed by atoms with Gasteiger partial charge in [-0.05, 0) is 67.6 Å². The van der Waals surface area contributed by atoms with Gasteiger partial charge in [0.05, 0.1) is 13.3 Å². The van der Waals surface area contributed by atoms with Gasteiger partial charge in [0.1, 0.15) is 10.4 Å². The average Bonchev–Trinajstić information content (AvgIpc) is 3.03. The van der Waals surface area contributed by atoms with Crippen molar-refractivity contribution in [3.05, 3.63) is 53.1 Å². The number of methoxy groups -OCH3 is 1. The molecule has 0 atom stereocenters. The number of carbonyl (C=O) groups excluding carboxylic acids is 2. The minimum absolute atomic E-state index is 0.0108. The fourth-order valence-corrected chi connectivity index (χ4v) is 5.56. The molecule has 180 valence electrons. The van der Waals surface area contributed by atoms with Gasteiger partial charge in [-0.25, -0.2) is 4.79 Å². The summed E-state index contributed by atoms with van der Waals surface area (Å²) < 4.78 is 36.4. The van der Waals surface area contributed by atoms with Crippen molar-refractivity contribution in [1.29, 1.82) is 0 Å². The first-order chi connectivity index (χ1) is 16.1. The molecule has 10 heteroatoms. The van der Waals surface area contributed by atoms with E-state index in [2.05, 4.69) is 10.4 Å². The Bertz CT molecular complexity index is 1270. The van der Waals surface area contributed by atoms with E-state index in [1.807, 2.05) is 6.07 Å². The van der Waals surface area contributed by atoms with Crippen LogP contribution in [0.5, 0.6) is 11.5 Å². The Morgan fingerprint density at radius 3 is 2.47 bits per heavy atom. The molecule has 1 aliphatic heterocycles. The van der Waals surface area contributed by atoms with E-state index in [-0.39, 0.29) is 22.3 Å². The van der Waals surface area contributed by atoms with E-state index in [0.29, 0.717) is 24.0 Å². The highest BCUT2D eigenvalue weighted by Crippen LogP contribution is 2.34. The molecule has 34 heavy (non-hydrogen) atoms. The fourth-order valence-electron chi connectivity index (χ4n) is 4.30. The molecule has 1 aliphatic carbocycles. The molecule has 1 N–H and O–H groups in total. The van der Waals surface area contributed by atoms with Crippen molar-refractivity contribution in [1.82, 2.24) is 10.3 Å². The predicted octanol–water partition coefficient (Wildman–Crippen LogP) is 3.67. The van der Waals surface area contributed by atoms with E-state index >= 15 is 0 Å². The van der Waals surface area contributed by atoms with Crippen molar-refractivity contribution in [3.63, 3.8) is 0 Å². The van der Waals surface area contributed by atoms with Gasteiger partial charge in [-0.1, -0.05) is 31.4 Å². The Morgan fingerprint density at radius 2 is 1.76 bits per heavy atom. The van der Waals surface area contributed by atoms with Gasteiger partial charge in [0.25, 0.3) is 5.91 Å². The Labute approximate surface area is 198 Å². The maximum absolute atomic E-state index is 12.9. The monoisotopic (exact) mass is 485 g/mol. The summed E-state index contributed by atoms with van der Waals surface area (Å²) in [4.78, 5) is 25.3. The second-order valence-electron chi connectivity index (χ2n) is 8.65. The first-order valence-corrected chi connectivity index (χ1v) is 12.5. The number of nitrogens with zero attached hydrogens (tertiary/aromatic N) is 2. The van der Waals surface area contributed by atoms with Crippen LogP contribution < -0.4 is 14.2 Å². The molecule has 1 spiro atoms. The number of hydrogen-bond acceptors (Lipinski definition) is 7. The van der Waals surface area contributed by atoms with Crippen molar-refractivity contribution in [2.45, 2.75) is 56.4 Å². The van der Waals surface area contributed by atoms with Crippen molar-refractivity contribution < 1.29 is 26.9 Å². The van der Waals surface area contributed by atoms with Crippen molar-refractivity contribution >= 4 is 28.3 Å². The summed E-state index contributed by atoms with van der Waals surface area (Å²) in [6.45, 7) is 3.49. The summed E-state index contributed by atoms with van der Waals surface area (Å²) in [6, 6.07) is 9.07. The lowest BCUT2D eigenvalue weighted by molar-refractivity contribution is -0.132. The first-order valence-electron chi connectivity index (χ1n) is 11.1. The minimum atomic E-state index is -4.09. The average molecular weight is 486 g/mol. The van der Waals surface area contributed by atoms with E-state index in [4.69, 9.17) is 8.92 Å². The minimum Gasteiger partial charge on any atom is -0.493 e. The molecule has 1 saturated carbocycles. The fraction of sp³-hybridized carbons (Fsp3) is 0.375. The van der Waals surface area contributed by atoms with E-state index in [1.165, 1.54) is 25.5 Å². The lowest BCUT2D eigenvalue weighted by atomic mass is 9.82. The Morgan fingerprint density at radius 1 is 1.03 bits per heavy atom. The zero-order valence-electron chi connectivity index (χ0n) is 19.3. The third kappa shape index (κ3) is 4.50. The normalized spacial score (nSPS) is 17.9. The highest BCUT2D eigenvalue weighted by molar-refractivity contribution is 7.87. The maximum Gasteiger partial charge on any atom is 0.346 e. The molecule has 2 fully saturated rings. The molecule has 0 radical (unpaired) electrons.